The van der Waals surface area contributed by atoms with Crippen LogP contribution < -0.4 is 5.73 Å². The number of carboxylic acid groups (broad SMARTS) is 1. The van der Waals surface area contributed by atoms with Gasteiger partial charge in [-0.15, -0.1) is 0 Å². The van der Waals surface area contributed by atoms with Gasteiger partial charge in [0.25, 0.3) is 0 Å². The van der Waals surface area contributed by atoms with Gasteiger partial charge in [0.05, 0.1) is 0 Å². The van der Waals surface area contributed by atoms with Crippen molar-refractivity contribution in [1.82, 2.24) is 5.16 Å². The molecule has 0 bridgehead atoms. The molecule has 2 aromatic carbocycles. The summed E-state index contributed by atoms with van der Waals surface area (Å²) in [4.78, 5) is 22.0. The second-order valence-electron chi connectivity index (χ2n) is 4.90. The van der Waals surface area contributed by atoms with E-state index in [1.807, 2.05) is 18.2 Å². The van der Waals surface area contributed by atoms with Crippen molar-refractivity contribution < 1.29 is 19.2 Å². The third-order valence-electron chi connectivity index (χ3n) is 3.38. The Morgan fingerprint density at radius 3 is 2.26 bits per heavy atom. The number of hydrogen-bond acceptors (Lipinski definition) is 4. The molecule has 23 heavy (non-hydrogen) atoms. The van der Waals surface area contributed by atoms with Gasteiger partial charge in [-0.2, -0.15) is 0 Å². The van der Waals surface area contributed by atoms with E-state index in [2.05, 4.69) is 5.16 Å². The number of benzene rings is 2. The standard InChI is InChI=1S/C17H12N2O4/c18-16(20)13-3-1-2-12(8-13)10-4-6-11(7-5-10)14-9-15(17(21)22)23-19-14/h1-9H,(H2,18,20)(H,21,22). The maximum Gasteiger partial charge on any atom is 0.374 e. The SMILES string of the molecule is NC(=O)c1cccc(-c2ccc(-c3cc(C(=O)O)on3)cc2)c1. The lowest BCUT2D eigenvalue weighted by Gasteiger charge is -2.04. The van der Waals surface area contributed by atoms with Crippen LogP contribution in [0.25, 0.3) is 22.4 Å². The first kappa shape index (κ1) is 14.5. The summed E-state index contributed by atoms with van der Waals surface area (Å²) in [5.74, 6) is -1.85. The van der Waals surface area contributed by atoms with Gasteiger partial charge in [-0.25, -0.2) is 4.79 Å². The summed E-state index contributed by atoms with van der Waals surface area (Å²) in [5.41, 5.74) is 8.66. The number of nitrogens with zero attached hydrogens (tertiary/aromatic N) is 1. The quantitative estimate of drug-likeness (QED) is 0.770. The lowest BCUT2D eigenvalue weighted by molar-refractivity contribution is 0.0652. The molecule has 3 aromatic rings. The van der Waals surface area contributed by atoms with Gasteiger partial charge < -0.3 is 15.4 Å². The van der Waals surface area contributed by atoms with Gasteiger partial charge in [0.2, 0.25) is 11.7 Å². The first-order chi connectivity index (χ1) is 11.0. The summed E-state index contributed by atoms with van der Waals surface area (Å²) in [6, 6.07) is 15.7. The fourth-order valence-corrected chi connectivity index (χ4v) is 2.20. The van der Waals surface area contributed by atoms with E-state index in [-0.39, 0.29) is 5.76 Å². The number of aromatic nitrogens is 1. The summed E-state index contributed by atoms with van der Waals surface area (Å²) in [6.07, 6.45) is 0. The number of aromatic carboxylic acids is 1. The van der Waals surface area contributed by atoms with Gasteiger partial charge in [0.1, 0.15) is 5.69 Å². The average Bonchev–Trinajstić information content (AvgIpc) is 3.05. The first-order valence-corrected chi connectivity index (χ1v) is 6.75. The first-order valence-electron chi connectivity index (χ1n) is 6.75. The van der Waals surface area contributed by atoms with Crippen LogP contribution >= 0.6 is 0 Å². The predicted octanol–water partition coefficient (Wildman–Crippen LogP) is 2.81. The van der Waals surface area contributed by atoms with E-state index in [0.29, 0.717) is 11.3 Å². The molecule has 3 N–H and O–H groups in total. The molecule has 1 heterocycles. The van der Waals surface area contributed by atoms with Gasteiger partial charge in [0, 0.05) is 17.2 Å². The van der Waals surface area contributed by atoms with Crippen molar-refractivity contribution in [3.05, 3.63) is 65.9 Å². The molecule has 0 aliphatic heterocycles. The second kappa shape index (κ2) is 5.76. The van der Waals surface area contributed by atoms with Crippen molar-refractivity contribution in [2.75, 3.05) is 0 Å². The normalized spacial score (nSPS) is 10.4. The Morgan fingerprint density at radius 2 is 1.65 bits per heavy atom. The lowest BCUT2D eigenvalue weighted by atomic mass is 10.0. The molecule has 0 unspecified atom stereocenters. The highest BCUT2D eigenvalue weighted by Crippen LogP contribution is 2.25. The zero-order valence-corrected chi connectivity index (χ0v) is 11.9. The maximum atomic E-state index is 11.2. The fraction of sp³-hybridized carbons (Fsp3) is 0. The molecular formula is C17H12N2O4. The number of carboxylic acids is 1. The van der Waals surface area contributed by atoms with Crippen LogP contribution in [0.15, 0.2) is 59.1 Å². The molecule has 0 saturated carbocycles. The molecule has 1 aromatic heterocycles. The molecule has 6 heteroatoms. The minimum atomic E-state index is -1.16. The highest BCUT2D eigenvalue weighted by molar-refractivity contribution is 5.94. The highest BCUT2D eigenvalue weighted by atomic mass is 16.5. The van der Waals surface area contributed by atoms with Crippen LogP contribution in [0.5, 0.6) is 0 Å². The van der Waals surface area contributed by atoms with Crippen LogP contribution in [0.4, 0.5) is 0 Å². The van der Waals surface area contributed by atoms with Gasteiger partial charge in [0.15, 0.2) is 0 Å². The summed E-state index contributed by atoms with van der Waals surface area (Å²) in [7, 11) is 0. The number of primary amides is 1. The molecular weight excluding hydrogens is 296 g/mol. The van der Waals surface area contributed by atoms with Crippen molar-refractivity contribution in [1.29, 1.82) is 0 Å². The summed E-state index contributed by atoms with van der Waals surface area (Å²) in [5, 5.41) is 12.6. The van der Waals surface area contributed by atoms with E-state index in [0.717, 1.165) is 16.7 Å². The van der Waals surface area contributed by atoms with Gasteiger partial charge in [-0.1, -0.05) is 41.6 Å². The smallest absolute Gasteiger partial charge is 0.374 e. The van der Waals surface area contributed by atoms with E-state index in [4.69, 9.17) is 15.4 Å². The highest BCUT2D eigenvalue weighted by Gasteiger charge is 2.12. The molecule has 6 nitrogen and oxygen atoms in total. The largest absolute Gasteiger partial charge is 0.475 e. The number of rotatable bonds is 4. The third-order valence-corrected chi connectivity index (χ3v) is 3.38. The van der Waals surface area contributed by atoms with Crippen LogP contribution in [-0.2, 0) is 0 Å². The Balaban J connectivity index is 1.91. The van der Waals surface area contributed by atoms with E-state index >= 15 is 0 Å². The number of nitrogens with two attached hydrogens (primary N) is 1. The lowest BCUT2D eigenvalue weighted by Crippen LogP contribution is -2.10. The number of amides is 1. The minimum absolute atomic E-state index is 0.210. The van der Waals surface area contributed by atoms with Crippen molar-refractivity contribution in [2.24, 2.45) is 5.73 Å². The Hall–Kier alpha value is -3.41. The predicted molar refractivity (Wildman–Crippen MR) is 82.9 cm³/mol. The van der Waals surface area contributed by atoms with Gasteiger partial charge >= 0.3 is 5.97 Å². The van der Waals surface area contributed by atoms with Crippen LogP contribution in [0.2, 0.25) is 0 Å². The number of carbonyl (C=O) groups is 2. The topological polar surface area (TPSA) is 106 Å². The van der Waals surface area contributed by atoms with Gasteiger partial charge in [-0.3, -0.25) is 4.79 Å². The van der Waals surface area contributed by atoms with E-state index in [1.165, 1.54) is 6.07 Å². The molecule has 1 amide bonds. The molecule has 0 aliphatic rings. The van der Waals surface area contributed by atoms with Crippen molar-refractivity contribution in [3.8, 4) is 22.4 Å². The Morgan fingerprint density at radius 1 is 0.957 bits per heavy atom. The molecule has 0 atom stereocenters. The van der Waals surface area contributed by atoms with E-state index in [9.17, 15) is 9.59 Å². The molecule has 0 radical (unpaired) electrons. The van der Waals surface area contributed by atoms with Crippen LogP contribution in [-0.4, -0.2) is 22.1 Å². The van der Waals surface area contributed by atoms with Crippen molar-refractivity contribution in [2.45, 2.75) is 0 Å². The number of hydrogen-bond donors (Lipinski definition) is 2. The van der Waals surface area contributed by atoms with E-state index < -0.39 is 11.9 Å². The molecule has 114 valence electrons. The van der Waals surface area contributed by atoms with Crippen molar-refractivity contribution >= 4 is 11.9 Å². The maximum absolute atomic E-state index is 11.2. The zero-order chi connectivity index (χ0) is 16.4. The van der Waals surface area contributed by atoms with Crippen molar-refractivity contribution in [3.63, 3.8) is 0 Å². The molecule has 0 saturated heterocycles. The Kier molecular flexibility index (Phi) is 3.64. The molecule has 3 rings (SSSR count). The summed E-state index contributed by atoms with van der Waals surface area (Å²) < 4.78 is 4.74. The van der Waals surface area contributed by atoms with E-state index in [1.54, 1.807) is 30.3 Å². The third kappa shape index (κ3) is 2.96. The fourth-order valence-electron chi connectivity index (χ4n) is 2.20. The molecule has 0 aliphatic carbocycles. The number of carbonyl (C=O) groups excluding carboxylic acids is 1. The van der Waals surface area contributed by atoms with Crippen LogP contribution in [0, 0.1) is 0 Å². The zero-order valence-electron chi connectivity index (χ0n) is 11.9. The summed E-state index contributed by atoms with van der Waals surface area (Å²) in [6.45, 7) is 0. The molecule has 0 spiro atoms. The van der Waals surface area contributed by atoms with Crippen LogP contribution in [0.1, 0.15) is 20.9 Å². The summed E-state index contributed by atoms with van der Waals surface area (Å²) >= 11 is 0. The Bertz CT molecular complexity index is 882. The minimum Gasteiger partial charge on any atom is -0.475 e. The monoisotopic (exact) mass is 308 g/mol. The molecule has 0 fully saturated rings. The van der Waals surface area contributed by atoms with Gasteiger partial charge in [-0.05, 0) is 23.3 Å². The Labute approximate surface area is 131 Å². The second-order valence-corrected chi connectivity index (χ2v) is 4.90. The average molecular weight is 308 g/mol. The van der Waals surface area contributed by atoms with Crippen LogP contribution in [0.3, 0.4) is 0 Å².